The molecule has 3 fully saturated rings. The summed E-state index contributed by atoms with van der Waals surface area (Å²) in [7, 11) is 5.90. The maximum Gasteiger partial charge on any atom is 0.409 e. The summed E-state index contributed by atoms with van der Waals surface area (Å²) in [5, 5.41) is 16.5. The second-order valence-electron chi connectivity index (χ2n) is 14.8. The molecule has 4 rings (SSSR count). The predicted molar refractivity (Wildman–Crippen MR) is 209 cm³/mol. The Morgan fingerprint density at radius 1 is 1.25 bits per heavy atom. The lowest BCUT2D eigenvalue weighted by Crippen LogP contribution is -2.57. The van der Waals surface area contributed by atoms with Crippen LogP contribution in [0.5, 0.6) is 5.75 Å². The number of hydrogen-bond acceptors (Lipinski definition) is 12. The molecule has 56 heavy (non-hydrogen) atoms. The number of nitrogens with one attached hydrogen (secondary N) is 2. The van der Waals surface area contributed by atoms with Crippen LogP contribution in [0, 0.1) is 5.92 Å². The van der Waals surface area contributed by atoms with Crippen molar-refractivity contribution in [2.45, 2.75) is 107 Å². The third kappa shape index (κ3) is 11.0. The minimum absolute atomic E-state index is 0.0241. The van der Waals surface area contributed by atoms with Crippen LogP contribution in [0.1, 0.15) is 65.4 Å². The van der Waals surface area contributed by atoms with Crippen molar-refractivity contribution >= 4 is 59.1 Å². The van der Waals surface area contributed by atoms with Gasteiger partial charge >= 0.3 is 12.1 Å². The van der Waals surface area contributed by atoms with E-state index in [-0.39, 0.29) is 55.6 Å². The van der Waals surface area contributed by atoms with Gasteiger partial charge in [0.2, 0.25) is 23.6 Å². The van der Waals surface area contributed by atoms with Gasteiger partial charge in [0, 0.05) is 58.5 Å². The number of rotatable bonds is 18. The largest absolute Gasteiger partial charge is 0.495 e. The van der Waals surface area contributed by atoms with Crippen molar-refractivity contribution in [2.75, 3.05) is 34.0 Å². The van der Waals surface area contributed by atoms with Gasteiger partial charge in [-0.15, -0.1) is 11.8 Å². The van der Waals surface area contributed by atoms with Gasteiger partial charge in [-0.25, -0.2) is 9.59 Å². The van der Waals surface area contributed by atoms with Gasteiger partial charge in [0.05, 0.1) is 29.9 Å². The lowest BCUT2D eigenvalue weighted by molar-refractivity contribution is -0.162. The number of amides is 5. The van der Waals surface area contributed by atoms with Crippen molar-refractivity contribution in [1.29, 1.82) is 0 Å². The zero-order chi connectivity index (χ0) is 41.5. The topological polar surface area (TPSA) is 193 Å². The molecule has 308 valence electrons. The van der Waals surface area contributed by atoms with Crippen LogP contribution in [0.4, 0.5) is 4.79 Å². The fourth-order valence-electron chi connectivity index (χ4n) is 6.78. The molecule has 15 nitrogen and oxygen atoms in total. The zero-order valence-corrected chi connectivity index (χ0v) is 34.7. The van der Waals surface area contributed by atoms with Crippen LogP contribution in [-0.2, 0) is 44.6 Å². The van der Waals surface area contributed by atoms with E-state index in [0.29, 0.717) is 17.2 Å². The van der Waals surface area contributed by atoms with E-state index in [4.69, 9.17) is 30.5 Å². The smallest absolute Gasteiger partial charge is 0.409 e. The fourth-order valence-corrected chi connectivity index (χ4v) is 8.12. The number of nitrogens with zero attached hydrogens (tertiary/aromatic N) is 2. The number of likely N-dealkylation sites (N-methyl/N-ethyl adjacent to an activating group) is 1. The number of aliphatic hydroxyl groups is 1. The van der Waals surface area contributed by atoms with E-state index in [1.54, 1.807) is 33.1 Å². The maximum atomic E-state index is 13.4. The van der Waals surface area contributed by atoms with Crippen LogP contribution < -0.4 is 15.4 Å². The molecule has 0 saturated carbocycles. The normalized spacial score (nSPS) is 26.6. The number of likely N-dealkylation sites (tertiary alicyclic amines) is 1. The molecule has 3 aliphatic heterocycles. The van der Waals surface area contributed by atoms with Crippen molar-refractivity contribution in [2.24, 2.45) is 5.92 Å². The molecule has 0 aromatic heterocycles. The summed E-state index contributed by atoms with van der Waals surface area (Å²) in [4.78, 5) is 77.9. The number of imide groups is 1. The minimum Gasteiger partial charge on any atom is -0.495 e. The number of carbonyl (C=O) groups is 6. The number of alkyl carbamates (subject to hydrolysis) is 1. The molecule has 3 unspecified atom stereocenters. The van der Waals surface area contributed by atoms with Crippen molar-refractivity contribution < 1.29 is 52.8 Å². The molecule has 0 radical (unpaired) electrons. The molecule has 1 aromatic rings. The number of benzene rings is 1. The van der Waals surface area contributed by atoms with Gasteiger partial charge < -0.3 is 34.3 Å². The lowest BCUT2D eigenvalue weighted by atomic mass is 9.84. The average molecular weight is 821 g/mol. The van der Waals surface area contributed by atoms with Crippen molar-refractivity contribution in [3.63, 3.8) is 0 Å². The van der Waals surface area contributed by atoms with Crippen LogP contribution in [0.2, 0.25) is 5.02 Å². The van der Waals surface area contributed by atoms with Crippen LogP contribution >= 0.6 is 23.4 Å². The second-order valence-corrected chi connectivity index (χ2v) is 16.5. The second kappa shape index (κ2) is 18.9. The molecule has 17 heteroatoms. The average Bonchev–Trinajstić information content (AvgIpc) is 3.79. The van der Waals surface area contributed by atoms with Crippen molar-refractivity contribution in [3.8, 4) is 5.75 Å². The van der Waals surface area contributed by atoms with Crippen molar-refractivity contribution in [3.05, 3.63) is 52.6 Å². The Balaban J connectivity index is 1.34. The van der Waals surface area contributed by atoms with E-state index in [2.05, 4.69) is 10.6 Å². The van der Waals surface area contributed by atoms with E-state index in [1.807, 2.05) is 31.2 Å². The first-order chi connectivity index (χ1) is 26.3. The number of esters is 1. The summed E-state index contributed by atoms with van der Waals surface area (Å²) in [5.41, 5.74) is -0.690. The van der Waals surface area contributed by atoms with Crippen LogP contribution in [0.25, 0.3) is 0 Å². The Labute approximate surface area is 336 Å². The number of halogens is 1. The third-order valence-electron chi connectivity index (χ3n) is 10.6. The van der Waals surface area contributed by atoms with E-state index in [1.165, 1.54) is 44.7 Å². The maximum absolute atomic E-state index is 13.4. The summed E-state index contributed by atoms with van der Waals surface area (Å²) < 4.78 is 22.9. The first-order valence-corrected chi connectivity index (χ1v) is 19.9. The highest BCUT2D eigenvalue weighted by atomic mass is 35.5. The minimum atomic E-state index is -1.61. The number of ether oxygens (including phenoxy) is 4. The van der Waals surface area contributed by atoms with Crippen LogP contribution in [0.15, 0.2) is 42.0 Å². The van der Waals surface area contributed by atoms with Crippen LogP contribution in [0.3, 0.4) is 0 Å². The highest BCUT2D eigenvalue weighted by Gasteiger charge is 2.64. The van der Waals surface area contributed by atoms with Gasteiger partial charge in [0.15, 0.2) is 0 Å². The van der Waals surface area contributed by atoms with Gasteiger partial charge in [-0.1, -0.05) is 48.4 Å². The molecule has 3 heterocycles. The van der Waals surface area contributed by atoms with Crippen LogP contribution in [-0.4, -0.2) is 126 Å². The molecule has 1 aromatic carbocycles. The van der Waals surface area contributed by atoms with E-state index >= 15 is 0 Å². The van der Waals surface area contributed by atoms with E-state index < -0.39 is 64.8 Å². The molecule has 8 atom stereocenters. The Bertz CT molecular complexity index is 1740. The monoisotopic (exact) mass is 820 g/mol. The highest BCUT2D eigenvalue weighted by Crippen LogP contribution is 2.48. The summed E-state index contributed by atoms with van der Waals surface area (Å²) in [6.07, 6.45) is 2.91. The van der Waals surface area contributed by atoms with Gasteiger partial charge in [-0.3, -0.25) is 29.4 Å². The number of epoxide rings is 1. The van der Waals surface area contributed by atoms with E-state index in [9.17, 15) is 33.9 Å². The fraction of sp³-hybridized carbons (Fsp3) is 0.590. The quantitative estimate of drug-likeness (QED) is 0.0846. The Hall–Kier alpha value is -4.12. The molecule has 5 amide bonds. The van der Waals surface area contributed by atoms with Crippen molar-refractivity contribution in [1.82, 2.24) is 20.4 Å². The molecular formula is C39H53ClN4O11S. The zero-order valence-electron chi connectivity index (χ0n) is 33.1. The molecule has 3 N–H and O–H groups in total. The molecule has 3 saturated heterocycles. The van der Waals surface area contributed by atoms with E-state index in [0.717, 1.165) is 16.0 Å². The summed E-state index contributed by atoms with van der Waals surface area (Å²) in [5.74, 6) is -1.69. The molecular weight excluding hydrogens is 768 g/mol. The summed E-state index contributed by atoms with van der Waals surface area (Å²) >= 11 is 7.36. The highest BCUT2D eigenvalue weighted by molar-refractivity contribution is 8.00. The first-order valence-electron chi connectivity index (χ1n) is 18.4. The molecule has 0 bridgehead atoms. The molecule has 3 aliphatic rings. The number of allylic oxidation sites excluding steroid dienone is 3. The Morgan fingerprint density at radius 2 is 1.96 bits per heavy atom. The number of hydrogen-bond donors (Lipinski definition) is 3. The SMILES string of the molecule is CNC(=O)C[C@H](OC(=O)[C@H](C)N(C)C(=O)CCSC1CC(=O)N(C)C1=O)C1(C)O[C@H]1[C@H](C)C1C[C@](O)(C/C=C/C=C(\C)Cc2ccc(Cl)c(OC)c2)NC(=O)O1. The molecule has 0 spiro atoms. The number of thioether (sulfide) groups is 1. The van der Waals surface area contributed by atoms with Gasteiger partial charge in [0.1, 0.15) is 35.3 Å². The summed E-state index contributed by atoms with van der Waals surface area (Å²) in [6, 6.07) is 4.56. The predicted octanol–water partition coefficient (Wildman–Crippen LogP) is 3.54. The first kappa shape index (κ1) is 44.6. The number of carbonyl (C=O) groups excluding carboxylic acids is 6. The van der Waals surface area contributed by atoms with Gasteiger partial charge in [-0.2, -0.15) is 0 Å². The number of methoxy groups -OCH3 is 1. The summed E-state index contributed by atoms with van der Waals surface area (Å²) in [6.45, 7) is 6.98. The Kier molecular flexibility index (Phi) is 15.0. The van der Waals surface area contributed by atoms with Gasteiger partial charge in [0.25, 0.3) is 0 Å². The molecule has 0 aliphatic carbocycles. The number of cyclic esters (lactones) is 1. The lowest BCUT2D eigenvalue weighted by Gasteiger charge is -2.39. The van der Waals surface area contributed by atoms with Gasteiger partial charge in [-0.05, 0) is 44.9 Å². The Morgan fingerprint density at radius 3 is 2.61 bits per heavy atom. The standard InChI is InChI=1S/C39H53ClN4O11S/c1-22(17-25-12-13-26(40)27(18-25)52-8)11-9-10-15-39(51)21-28(53-37(50)42-39)23(2)34-38(4,55-34)30(20-31(45)41-5)54-36(49)24(3)43(6)32(46)14-16-56-29-19-33(47)44(7)35(29)48/h9-13,18,23-24,28-30,34,51H,14-17,19-21H2,1-8H3,(H,41,45)(H,42,50)/b10-9+,22-11+/t23-,24+,28?,29?,30+,34+,38?,39-/m1/s1. The third-order valence-corrected chi connectivity index (χ3v) is 12.1.